The maximum atomic E-state index is 13.2. The van der Waals surface area contributed by atoms with Crippen molar-refractivity contribution in [3.8, 4) is 0 Å². The van der Waals surface area contributed by atoms with Crippen LogP contribution < -0.4 is 10.2 Å². The predicted octanol–water partition coefficient (Wildman–Crippen LogP) is 4.45. The number of carbonyl (C=O) groups is 2. The van der Waals surface area contributed by atoms with Crippen LogP contribution in [0, 0.1) is 0 Å². The SMILES string of the molecule is Cn1ccc(CN(C(=O)Cc2cccnc2)c2ccc(NC(=O)c3ccccc3)cc2)c1. The normalized spacial score (nSPS) is 10.5. The van der Waals surface area contributed by atoms with E-state index in [4.69, 9.17) is 0 Å². The predicted molar refractivity (Wildman–Crippen MR) is 125 cm³/mol. The Morgan fingerprint density at radius 2 is 1.72 bits per heavy atom. The lowest BCUT2D eigenvalue weighted by atomic mass is 10.1. The molecule has 2 aromatic heterocycles. The maximum Gasteiger partial charge on any atom is 0.255 e. The van der Waals surface area contributed by atoms with E-state index in [0.29, 0.717) is 17.8 Å². The van der Waals surface area contributed by atoms with Crippen LogP contribution in [-0.2, 0) is 24.8 Å². The highest BCUT2D eigenvalue weighted by Gasteiger charge is 2.18. The third-order valence-corrected chi connectivity index (χ3v) is 5.09. The van der Waals surface area contributed by atoms with Crippen LogP contribution in [0.3, 0.4) is 0 Å². The molecule has 0 aliphatic heterocycles. The second-order valence-corrected chi connectivity index (χ2v) is 7.57. The number of nitrogens with one attached hydrogen (secondary N) is 1. The number of benzene rings is 2. The number of hydrogen-bond donors (Lipinski definition) is 1. The van der Waals surface area contributed by atoms with E-state index < -0.39 is 0 Å². The molecule has 6 heteroatoms. The van der Waals surface area contributed by atoms with Crippen molar-refractivity contribution in [2.75, 3.05) is 10.2 Å². The molecule has 1 N–H and O–H groups in total. The number of pyridine rings is 1. The second kappa shape index (κ2) is 9.75. The van der Waals surface area contributed by atoms with Gasteiger partial charge in [0.15, 0.2) is 0 Å². The first-order valence-electron chi connectivity index (χ1n) is 10.3. The molecule has 6 nitrogen and oxygen atoms in total. The summed E-state index contributed by atoms with van der Waals surface area (Å²) in [4.78, 5) is 31.5. The summed E-state index contributed by atoms with van der Waals surface area (Å²) < 4.78 is 1.96. The lowest BCUT2D eigenvalue weighted by molar-refractivity contribution is -0.118. The van der Waals surface area contributed by atoms with Crippen molar-refractivity contribution in [2.24, 2.45) is 7.05 Å². The summed E-state index contributed by atoms with van der Waals surface area (Å²) in [6.07, 6.45) is 7.62. The molecule has 0 aliphatic carbocycles. The largest absolute Gasteiger partial charge is 0.357 e. The summed E-state index contributed by atoms with van der Waals surface area (Å²) in [6.45, 7) is 0.454. The molecule has 32 heavy (non-hydrogen) atoms. The molecule has 0 atom stereocenters. The number of rotatable bonds is 7. The maximum absolute atomic E-state index is 13.2. The fraction of sp³-hybridized carbons (Fsp3) is 0.115. The van der Waals surface area contributed by atoms with Crippen LogP contribution in [-0.4, -0.2) is 21.4 Å². The fourth-order valence-electron chi connectivity index (χ4n) is 3.45. The zero-order valence-corrected chi connectivity index (χ0v) is 17.8. The highest BCUT2D eigenvalue weighted by molar-refractivity contribution is 6.04. The van der Waals surface area contributed by atoms with Crippen LogP contribution in [0.25, 0.3) is 0 Å². The van der Waals surface area contributed by atoms with Crippen molar-refractivity contribution in [1.82, 2.24) is 9.55 Å². The number of carbonyl (C=O) groups excluding carboxylic acids is 2. The van der Waals surface area contributed by atoms with Gasteiger partial charge in [0.2, 0.25) is 5.91 Å². The van der Waals surface area contributed by atoms with Crippen molar-refractivity contribution in [3.63, 3.8) is 0 Å². The van der Waals surface area contributed by atoms with E-state index in [-0.39, 0.29) is 18.2 Å². The molecule has 0 saturated carbocycles. The number of aryl methyl sites for hydroxylation is 1. The summed E-state index contributed by atoms with van der Waals surface area (Å²) in [5.74, 6) is -0.199. The van der Waals surface area contributed by atoms with Crippen molar-refractivity contribution >= 4 is 23.2 Å². The molecule has 2 amide bonds. The quantitative estimate of drug-likeness (QED) is 0.477. The fourth-order valence-corrected chi connectivity index (χ4v) is 3.45. The highest BCUT2D eigenvalue weighted by Crippen LogP contribution is 2.22. The van der Waals surface area contributed by atoms with Gasteiger partial charge in [0.05, 0.1) is 13.0 Å². The minimum atomic E-state index is -0.174. The molecule has 2 aromatic carbocycles. The van der Waals surface area contributed by atoms with Crippen LogP contribution in [0.1, 0.15) is 21.5 Å². The van der Waals surface area contributed by atoms with E-state index >= 15 is 0 Å². The topological polar surface area (TPSA) is 67.2 Å². The molecule has 160 valence electrons. The third-order valence-electron chi connectivity index (χ3n) is 5.09. The van der Waals surface area contributed by atoms with Crippen LogP contribution in [0.4, 0.5) is 11.4 Å². The smallest absolute Gasteiger partial charge is 0.255 e. The molecular weight excluding hydrogens is 400 g/mol. The Morgan fingerprint density at radius 3 is 2.38 bits per heavy atom. The van der Waals surface area contributed by atoms with Gasteiger partial charge in [-0.1, -0.05) is 24.3 Å². The third kappa shape index (κ3) is 5.29. The van der Waals surface area contributed by atoms with Gasteiger partial charge in [-0.2, -0.15) is 0 Å². The first-order chi connectivity index (χ1) is 15.6. The Balaban J connectivity index is 1.53. The minimum absolute atomic E-state index is 0.0251. The van der Waals surface area contributed by atoms with Crippen LogP contribution in [0.15, 0.2) is 97.6 Å². The van der Waals surface area contributed by atoms with Gasteiger partial charge in [-0.25, -0.2) is 0 Å². The molecule has 0 saturated heterocycles. The van der Waals surface area contributed by atoms with Crippen molar-refractivity contribution in [3.05, 3.63) is 114 Å². The van der Waals surface area contributed by atoms with E-state index in [1.54, 1.807) is 29.4 Å². The second-order valence-electron chi connectivity index (χ2n) is 7.57. The van der Waals surface area contributed by atoms with E-state index in [9.17, 15) is 9.59 Å². The molecule has 0 radical (unpaired) electrons. The Bertz CT molecular complexity index is 1190. The molecule has 0 aliphatic rings. The lowest BCUT2D eigenvalue weighted by Gasteiger charge is -2.23. The molecule has 4 rings (SSSR count). The van der Waals surface area contributed by atoms with Gasteiger partial charge >= 0.3 is 0 Å². The van der Waals surface area contributed by atoms with Gasteiger partial charge in [0, 0.05) is 48.8 Å². The monoisotopic (exact) mass is 424 g/mol. The first kappa shape index (κ1) is 21.1. The van der Waals surface area contributed by atoms with E-state index in [0.717, 1.165) is 16.8 Å². The van der Waals surface area contributed by atoms with Crippen LogP contribution in [0.2, 0.25) is 0 Å². The standard InChI is InChI=1S/C26H24N4O2/c1-29-15-13-21(18-29)19-30(25(31)16-20-6-5-14-27-17-20)24-11-9-23(10-12-24)28-26(32)22-7-3-2-4-8-22/h2-15,17-18H,16,19H2,1H3,(H,28,32). The summed E-state index contributed by atoms with van der Waals surface area (Å²) in [6, 6.07) is 22.1. The average Bonchev–Trinajstić information content (AvgIpc) is 3.24. The van der Waals surface area contributed by atoms with Gasteiger partial charge in [-0.3, -0.25) is 14.6 Å². The van der Waals surface area contributed by atoms with Gasteiger partial charge in [0.1, 0.15) is 0 Å². The molecule has 2 heterocycles. The Morgan fingerprint density at radius 1 is 0.938 bits per heavy atom. The number of nitrogens with zero attached hydrogens (tertiary/aromatic N) is 3. The Hall–Kier alpha value is -4.19. The van der Waals surface area contributed by atoms with Crippen molar-refractivity contribution < 1.29 is 9.59 Å². The van der Waals surface area contributed by atoms with Crippen molar-refractivity contribution in [2.45, 2.75) is 13.0 Å². The van der Waals surface area contributed by atoms with Gasteiger partial charge < -0.3 is 14.8 Å². The number of amides is 2. The summed E-state index contributed by atoms with van der Waals surface area (Å²) in [7, 11) is 1.95. The zero-order valence-electron chi connectivity index (χ0n) is 17.8. The molecule has 4 aromatic rings. The Kier molecular flexibility index (Phi) is 6.41. The number of anilines is 2. The van der Waals surface area contributed by atoms with Crippen LogP contribution in [0.5, 0.6) is 0 Å². The minimum Gasteiger partial charge on any atom is -0.357 e. The van der Waals surface area contributed by atoms with Gasteiger partial charge in [-0.05, 0) is 59.7 Å². The molecule has 0 bridgehead atoms. The molecule has 0 unspecified atom stereocenters. The number of hydrogen-bond acceptors (Lipinski definition) is 3. The zero-order chi connectivity index (χ0) is 22.3. The van der Waals surface area contributed by atoms with Gasteiger partial charge in [-0.15, -0.1) is 0 Å². The summed E-state index contributed by atoms with van der Waals surface area (Å²) in [5.41, 5.74) is 3.92. The lowest BCUT2D eigenvalue weighted by Crippen LogP contribution is -2.31. The van der Waals surface area contributed by atoms with Gasteiger partial charge in [0.25, 0.3) is 5.91 Å². The summed E-state index contributed by atoms with van der Waals surface area (Å²) in [5, 5.41) is 2.89. The summed E-state index contributed by atoms with van der Waals surface area (Å²) >= 11 is 0. The van der Waals surface area contributed by atoms with E-state index in [2.05, 4.69) is 10.3 Å². The van der Waals surface area contributed by atoms with Crippen LogP contribution >= 0.6 is 0 Å². The highest BCUT2D eigenvalue weighted by atomic mass is 16.2. The average molecular weight is 425 g/mol. The Labute approximate surface area is 187 Å². The van der Waals surface area contributed by atoms with Crippen molar-refractivity contribution in [1.29, 1.82) is 0 Å². The van der Waals surface area contributed by atoms with E-state index in [1.165, 1.54) is 0 Å². The number of aromatic nitrogens is 2. The molecular formula is C26H24N4O2. The molecule has 0 fully saturated rings. The first-order valence-corrected chi connectivity index (χ1v) is 10.3. The van der Waals surface area contributed by atoms with E-state index in [1.807, 2.05) is 84.7 Å². The molecule has 0 spiro atoms.